The molecule has 3 aliphatic rings. The molecule has 3 aliphatic heterocycles. The average molecular weight is 386 g/mol. The lowest BCUT2D eigenvalue weighted by molar-refractivity contribution is -0.128. The Bertz CT molecular complexity index is 732. The number of carbonyl (C=O) groups is 2. The molecule has 2 N–H and O–H groups in total. The van der Waals surface area contributed by atoms with E-state index >= 15 is 0 Å². The zero-order chi connectivity index (χ0) is 19.7. The molecule has 0 bridgehead atoms. The van der Waals surface area contributed by atoms with Crippen LogP contribution in [0.5, 0.6) is 0 Å². The topological polar surface area (TPSA) is 73.9 Å². The van der Waals surface area contributed by atoms with E-state index in [2.05, 4.69) is 35.4 Å². The van der Waals surface area contributed by atoms with Crippen molar-refractivity contribution in [2.24, 2.45) is 5.92 Å². The summed E-state index contributed by atoms with van der Waals surface area (Å²) in [5.74, 6) is 0.422. The van der Waals surface area contributed by atoms with Gasteiger partial charge in [-0.2, -0.15) is 0 Å². The third kappa shape index (κ3) is 3.92. The van der Waals surface area contributed by atoms with Crippen LogP contribution in [0.1, 0.15) is 32.3 Å². The first-order chi connectivity index (χ1) is 13.5. The van der Waals surface area contributed by atoms with Gasteiger partial charge in [0.1, 0.15) is 0 Å². The first-order valence-corrected chi connectivity index (χ1v) is 10.3. The van der Waals surface area contributed by atoms with E-state index in [1.807, 2.05) is 23.1 Å². The molecule has 0 aromatic heterocycles. The van der Waals surface area contributed by atoms with Crippen LogP contribution in [-0.2, 0) is 20.7 Å². The van der Waals surface area contributed by atoms with Crippen LogP contribution in [0, 0.1) is 5.92 Å². The number of hydrogen-bond acceptors (Lipinski definition) is 5. The van der Waals surface area contributed by atoms with Crippen LogP contribution in [0.25, 0.3) is 0 Å². The number of carbonyl (C=O) groups excluding carboxylic acids is 2. The molecule has 7 nitrogen and oxygen atoms in total. The van der Waals surface area contributed by atoms with Gasteiger partial charge in [0.15, 0.2) is 0 Å². The molecule has 0 spiro atoms. The van der Waals surface area contributed by atoms with Crippen LogP contribution in [0.2, 0.25) is 0 Å². The highest BCUT2D eigenvalue weighted by molar-refractivity contribution is 5.97. The van der Waals surface area contributed by atoms with Crippen LogP contribution in [0.3, 0.4) is 0 Å². The van der Waals surface area contributed by atoms with Gasteiger partial charge in [-0.05, 0) is 24.0 Å². The summed E-state index contributed by atoms with van der Waals surface area (Å²) in [6, 6.07) is 8.31. The Morgan fingerprint density at radius 1 is 1.21 bits per heavy atom. The van der Waals surface area contributed by atoms with Crippen molar-refractivity contribution in [3.05, 3.63) is 29.8 Å². The fourth-order valence-corrected chi connectivity index (χ4v) is 4.54. The molecule has 4 rings (SSSR count). The second-order valence-electron chi connectivity index (χ2n) is 8.27. The lowest BCUT2D eigenvalue weighted by Crippen LogP contribution is -2.64. The van der Waals surface area contributed by atoms with Gasteiger partial charge in [-0.15, -0.1) is 0 Å². The number of para-hydroxylation sites is 1. The first kappa shape index (κ1) is 19.4. The van der Waals surface area contributed by atoms with Gasteiger partial charge in [0, 0.05) is 24.8 Å². The second-order valence-corrected chi connectivity index (χ2v) is 8.27. The lowest BCUT2D eigenvalue weighted by Gasteiger charge is -2.40. The molecule has 3 atom stereocenters. The summed E-state index contributed by atoms with van der Waals surface area (Å²) >= 11 is 0. The highest BCUT2D eigenvalue weighted by atomic mass is 16.5. The largest absolute Gasteiger partial charge is 0.379 e. The number of ether oxygens (including phenoxy) is 1. The molecule has 152 valence electrons. The Labute approximate surface area is 166 Å². The van der Waals surface area contributed by atoms with Crippen LogP contribution in [-0.4, -0.2) is 61.4 Å². The van der Waals surface area contributed by atoms with E-state index in [0.717, 1.165) is 25.2 Å². The van der Waals surface area contributed by atoms with Gasteiger partial charge in [-0.3, -0.25) is 19.8 Å². The number of morpholine rings is 1. The van der Waals surface area contributed by atoms with Gasteiger partial charge in [0.2, 0.25) is 11.8 Å². The summed E-state index contributed by atoms with van der Waals surface area (Å²) in [5.41, 5.74) is 2.24. The number of rotatable bonds is 4. The van der Waals surface area contributed by atoms with Gasteiger partial charge in [-0.1, -0.05) is 32.0 Å². The van der Waals surface area contributed by atoms with Gasteiger partial charge in [-0.25, -0.2) is 0 Å². The minimum absolute atomic E-state index is 0.00438. The Morgan fingerprint density at radius 2 is 1.96 bits per heavy atom. The molecule has 0 saturated carbocycles. The van der Waals surface area contributed by atoms with Crippen molar-refractivity contribution in [1.29, 1.82) is 0 Å². The SMILES string of the molecule is CC(C)C1Cc2ccccc2N1C(=O)CC1NC(=O)CC(N2CCOCC2)N1. The van der Waals surface area contributed by atoms with E-state index in [4.69, 9.17) is 4.74 Å². The quantitative estimate of drug-likeness (QED) is 0.810. The maximum absolute atomic E-state index is 13.3. The van der Waals surface area contributed by atoms with Crippen molar-refractivity contribution in [3.8, 4) is 0 Å². The summed E-state index contributed by atoms with van der Waals surface area (Å²) in [5, 5.41) is 6.42. The fraction of sp³-hybridized carbons (Fsp3) is 0.619. The maximum atomic E-state index is 13.3. The van der Waals surface area contributed by atoms with E-state index in [-0.39, 0.29) is 36.6 Å². The molecule has 2 fully saturated rings. The molecule has 0 radical (unpaired) electrons. The number of fused-ring (bicyclic) bond motifs is 1. The Balaban J connectivity index is 1.46. The number of hydrogen-bond donors (Lipinski definition) is 2. The van der Waals surface area contributed by atoms with E-state index in [1.54, 1.807) is 0 Å². The van der Waals surface area contributed by atoms with Crippen LogP contribution < -0.4 is 15.5 Å². The van der Waals surface area contributed by atoms with Crippen molar-refractivity contribution < 1.29 is 14.3 Å². The van der Waals surface area contributed by atoms with Gasteiger partial charge >= 0.3 is 0 Å². The zero-order valence-electron chi connectivity index (χ0n) is 16.7. The molecule has 2 amide bonds. The number of nitrogens with zero attached hydrogens (tertiary/aromatic N) is 2. The molecular weight excluding hydrogens is 356 g/mol. The predicted molar refractivity (Wildman–Crippen MR) is 107 cm³/mol. The number of benzene rings is 1. The predicted octanol–water partition coefficient (Wildman–Crippen LogP) is 1.08. The normalized spacial score (nSPS) is 28.3. The molecule has 0 aliphatic carbocycles. The smallest absolute Gasteiger partial charge is 0.230 e. The molecule has 2 saturated heterocycles. The van der Waals surface area contributed by atoms with Crippen LogP contribution in [0.15, 0.2) is 24.3 Å². The van der Waals surface area contributed by atoms with Crippen molar-refractivity contribution in [2.45, 2.75) is 51.5 Å². The summed E-state index contributed by atoms with van der Waals surface area (Å²) in [4.78, 5) is 29.7. The summed E-state index contributed by atoms with van der Waals surface area (Å²) < 4.78 is 5.41. The van der Waals surface area contributed by atoms with Gasteiger partial charge in [0.25, 0.3) is 0 Å². The minimum atomic E-state index is -0.345. The van der Waals surface area contributed by atoms with Gasteiger partial charge < -0.3 is 15.0 Å². The number of nitrogens with one attached hydrogen (secondary N) is 2. The Morgan fingerprint density at radius 3 is 2.71 bits per heavy atom. The molecule has 3 unspecified atom stereocenters. The number of amides is 2. The zero-order valence-corrected chi connectivity index (χ0v) is 16.7. The first-order valence-electron chi connectivity index (χ1n) is 10.3. The third-order valence-electron chi connectivity index (χ3n) is 6.02. The molecule has 28 heavy (non-hydrogen) atoms. The maximum Gasteiger partial charge on any atom is 0.230 e. The van der Waals surface area contributed by atoms with Crippen LogP contribution >= 0.6 is 0 Å². The van der Waals surface area contributed by atoms with Crippen molar-refractivity contribution in [3.63, 3.8) is 0 Å². The average Bonchev–Trinajstić information content (AvgIpc) is 3.08. The highest BCUT2D eigenvalue weighted by Gasteiger charge is 2.38. The van der Waals surface area contributed by atoms with E-state index in [9.17, 15) is 9.59 Å². The molecule has 1 aromatic rings. The molecular formula is C21H30N4O3. The van der Waals surface area contributed by atoms with Gasteiger partial charge in [0.05, 0.1) is 38.4 Å². The van der Waals surface area contributed by atoms with Crippen molar-refractivity contribution in [1.82, 2.24) is 15.5 Å². The summed E-state index contributed by atoms with van der Waals surface area (Å²) in [7, 11) is 0. The number of anilines is 1. The second kappa shape index (κ2) is 8.19. The van der Waals surface area contributed by atoms with Crippen molar-refractivity contribution >= 4 is 17.5 Å². The monoisotopic (exact) mass is 386 g/mol. The Kier molecular flexibility index (Phi) is 5.66. The van der Waals surface area contributed by atoms with Crippen molar-refractivity contribution in [2.75, 3.05) is 31.2 Å². The van der Waals surface area contributed by atoms with Crippen LogP contribution in [0.4, 0.5) is 5.69 Å². The minimum Gasteiger partial charge on any atom is -0.379 e. The van der Waals surface area contributed by atoms with E-state index in [1.165, 1.54) is 5.56 Å². The Hall–Kier alpha value is -1.96. The standard InChI is InChI=1S/C21H30N4O3/c1-14(2)17-11-15-5-3-4-6-16(15)25(17)21(27)12-18-22-19(13-20(26)23-18)24-7-9-28-10-8-24/h3-6,14,17-19,22H,7-13H2,1-2H3,(H,23,26). The lowest BCUT2D eigenvalue weighted by atomic mass is 9.99. The van der Waals surface area contributed by atoms with E-state index in [0.29, 0.717) is 25.6 Å². The molecule has 1 aromatic carbocycles. The summed E-state index contributed by atoms with van der Waals surface area (Å²) in [6.07, 6.45) is 1.17. The highest BCUT2D eigenvalue weighted by Crippen LogP contribution is 2.35. The fourth-order valence-electron chi connectivity index (χ4n) is 4.54. The summed E-state index contributed by atoms with van der Waals surface area (Å²) in [6.45, 7) is 7.30. The third-order valence-corrected chi connectivity index (χ3v) is 6.02. The van der Waals surface area contributed by atoms with E-state index < -0.39 is 0 Å². The molecule has 7 heteroatoms. The molecule has 3 heterocycles.